The molecule has 3 rings (SSSR count). The van der Waals surface area contributed by atoms with Crippen molar-refractivity contribution in [2.75, 3.05) is 46.5 Å². The van der Waals surface area contributed by atoms with Crippen LogP contribution in [0.2, 0.25) is 0 Å². The number of carboxylic acids is 1. The average molecular weight is 625 g/mol. The van der Waals surface area contributed by atoms with E-state index >= 15 is 0 Å². The molecule has 0 amide bonds. The minimum atomic E-state index is -1.80. The molecular weight excluding hydrogens is 588 g/mol. The zero-order chi connectivity index (χ0) is 32.6. The van der Waals surface area contributed by atoms with Crippen LogP contribution in [0.4, 0.5) is 5.69 Å². The number of aromatic carboxylic acids is 1. The summed E-state index contributed by atoms with van der Waals surface area (Å²) in [5, 5.41) is 57.1. The molecule has 0 spiro atoms. The highest BCUT2D eigenvalue weighted by molar-refractivity contribution is 5.95. The number of aliphatic hydroxyl groups is 3. The lowest BCUT2D eigenvalue weighted by Gasteiger charge is -2.40. The molecule has 9 N–H and O–H groups in total. The second-order valence-corrected chi connectivity index (χ2v) is 9.21. The molecule has 0 saturated carbocycles. The van der Waals surface area contributed by atoms with Crippen LogP contribution >= 0.6 is 0 Å². The lowest BCUT2D eigenvalue weighted by Crippen LogP contribution is -2.60. The molecule has 242 valence electrons. The summed E-state index contributed by atoms with van der Waals surface area (Å²) in [6.45, 7) is 1.25. The molecule has 1 saturated heterocycles. The van der Waals surface area contributed by atoms with Crippen LogP contribution in [0.15, 0.2) is 29.3 Å². The van der Waals surface area contributed by atoms with Gasteiger partial charge in [-0.05, 0) is 19.1 Å². The van der Waals surface area contributed by atoms with Crippen LogP contribution < -0.4 is 35.3 Å². The molecule has 1 aliphatic heterocycles. The lowest BCUT2D eigenvalue weighted by atomic mass is 9.99. The van der Waals surface area contributed by atoms with E-state index in [0.717, 1.165) is 0 Å². The predicted octanol–water partition coefficient (Wildman–Crippen LogP) is -0.547. The summed E-state index contributed by atoms with van der Waals surface area (Å²) < 4.78 is 32.5. The van der Waals surface area contributed by atoms with E-state index < -0.39 is 49.3 Å². The third-order valence-electron chi connectivity index (χ3n) is 6.41. The normalized spacial score (nSPS) is 21.6. The highest BCUT2D eigenvalue weighted by Crippen LogP contribution is 2.38. The maximum atomic E-state index is 12.8. The minimum Gasteiger partial charge on any atom is -0.502 e. The van der Waals surface area contributed by atoms with Gasteiger partial charge in [-0.25, -0.2) is 9.59 Å². The Morgan fingerprint density at radius 2 is 1.66 bits per heavy atom. The molecule has 1 aliphatic rings. The van der Waals surface area contributed by atoms with E-state index in [4.69, 9.17) is 34.2 Å². The number of phenolic OH excluding ortho intramolecular Hbond substituents is 1. The number of hydrogen-bond acceptors (Lipinski definition) is 14. The first-order valence-electron chi connectivity index (χ1n) is 13.2. The summed E-state index contributed by atoms with van der Waals surface area (Å²) >= 11 is 0. The molecule has 2 aromatic carbocycles. The van der Waals surface area contributed by atoms with E-state index in [9.17, 15) is 35.1 Å². The number of nitrogens with zero attached hydrogens (tertiary/aromatic N) is 1. The number of rotatable bonds is 13. The summed E-state index contributed by atoms with van der Waals surface area (Å²) in [5.41, 5.74) is 5.55. The number of carboxylic acid groups (broad SMARTS) is 1. The maximum Gasteiger partial charge on any atom is 0.338 e. The van der Waals surface area contributed by atoms with Crippen molar-refractivity contribution in [3.63, 3.8) is 0 Å². The van der Waals surface area contributed by atoms with Gasteiger partial charge < -0.3 is 70.3 Å². The van der Waals surface area contributed by atoms with Gasteiger partial charge in [0, 0.05) is 25.7 Å². The number of nitrogens with one attached hydrogen (secondary N) is 2. The first kappa shape index (κ1) is 33.8. The number of phenols is 1. The van der Waals surface area contributed by atoms with Gasteiger partial charge in [0.05, 0.1) is 31.0 Å². The molecule has 1 heterocycles. The van der Waals surface area contributed by atoms with Gasteiger partial charge in [0.2, 0.25) is 12.0 Å². The van der Waals surface area contributed by atoms with Gasteiger partial charge in [-0.1, -0.05) is 0 Å². The third-order valence-corrected chi connectivity index (χ3v) is 6.41. The molecule has 2 aromatic rings. The zero-order valence-electron chi connectivity index (χ0n) is 24.3. The number of aliphatic hydroxyl groups excluding tert-OH is 3. The number of esters is 1. The molecule has 0 aliphatic carbocycles. The van der Waals surface area contributed by atoms with Gasteiger partial charge in [-0.3, -0.25) is 4.99 Å². The first-order valence-corrected chi connectivity index (χ1v) is 13.2. The monoisotopic (exact) mass is 624 g/mol. The number of guanidine groups is 1. The molecule has 1 fully saturated rings. The van der Waals surface area contributed by atoms with Crippen molar-refractivity contribution in [3.05, 3.63) is 35.4 Å². The number of ether oxygens (including phenoxy) is 6. The van der Waals surface area contributed by atoms with Crippen molar-refractivity contribution in [1.82, 2.24) is 5.32 Å². The van der Waals surface area contributed by atoms with Gasteiger partial charge >= 0.3 is 11.9 Å². The van der Waals surface area contributed by atoms with E-state index in [-0.39, 0.29) is 58.3 Å². The standard InChI is InChI=1S/C27H36N4O13/c1-5-30-14-9-16(15(8-13(14)24(36)37)42-11-31-27(28)29-2)43-26-23(35)22(34)21(33)19(44-26)10-41-25(38)12-6-17(39-3)20(32)18(7-12)40-4/h6-9,19,21-23,26,30,32-35H,5,10-11H2,1-4H3,(H,36,37)(H3,28,29,31)/t19-,21-,22+,23-,26-/m1/s1. The predicted molar refractivity (Wildman–Crippen MR) is 153 cm³/mol. The van der Waals surface area contributed by atoms with Gasteiger partial charge in [-0.15, -0.1) is 0 Å². The quantitative estimate of drug-likeness (QED) is 0.0602. The van der Waals surface area contributed by atoms with Gasteiger partial charge in [0.1, 0.15) is 31.0 Å². The van der Waals surface area contributed by atoms with Crippen LogP contribution in [-0.2, 0) is 9.47 Å². The van der Waals surface area contributed by atoms with Gasteiger partial charge in [0.15, 0.2) is 35.7 Å². The van der Waals surface area contributed by atoms with Crippen molar-refractivity contribution in [2.45, 2.75) is 37.6 Å². The molecule has 0 bridgehead atoms. The maximum absolute atomic E-state index is 12.8. The Labute approximate surface area is 251 Å². The van der Waals surface area contributed by atoms with E-state index in [1.165, 1.54) is 45.5 Å². The van der Waals surface area contributed by atoms with Crippen LogP contribution in [0.5, 0.6) is 28.7 Å². The number of carbonyl (C=O) groups excluding carboxylic acids is 1. The Balaban J connectivity index is 1.84. The van der Waals surface area contributed by atoms with E-state index in [1.807, 2.05) is 0 Å². The number of anilines is 1. The van der Waals surface area contributed by atoms with Crippen LogP contribution in [-0.4, -0.2) is 115 Å². The fraction of sp³-hybridized carbons (Fsp3) is 0.444. The molecule has 44 heavy (non-hydrogen) atoms. The van der Waals surface area contributed by atoms with Crippen molar-refractivity contribution in [1.29, 1.82) is 0 Å². The van der Waals surface area contributed by atoms with E-state index in [0.29, 0.717) is 6.54 Å². The fourth-order valence-corrected chi connectivity index (χ4v) is 4.07. The van der Waals surface area contributed by atoms with Gasteiger partial charge in [0.25, 0.3) is 0 Å². The number of hydrogen-bond donors (Lipinski definition) is 8. The van der Waals surface area contributed by atoms with Crippen molar-refractivity contribution in [2.24, 2.45) is 10.7 Å². The van der Waals surface area contributed by atoms with Crippen molar-refractivity contribution in [3.8, 4) is 28.7 Å². The number of benzene rings is 2. The number of carbonyl (C=O) groups is 2. The summed E-state index contributed by atoms with van der Waals surface area (Å²) in [7, 11) is 4.00. The Bertz CT molecular complexity index is 1330. The fourth-order valence-electron chi connectivity index (χ4n) is 4.07. The molecular formula is C27H36N4O13. The number of nitrogens with two attached hydrogens (primary N) is 1. The Morgan fingerprint density at radius 1 is 1.00 bits per heavy atom. The summed E-state index contributed by atoms with van der Waals surface area (Å²) in [6, 6.07) is 4.90. The van der Waals surface area contributed by atoms with E-state index in [1.54, 1.807) is 6.92 Å². The summed E-state index contributed by atoms with van der Waals surface area (Å²) in [4.78, 5) is 28.4. The van der Waals surface area contributed by atoms with Crippen molar-refractivity contribution < 1.29 is 63.5 Å². The van der Waals surface area contributed by atoms with Crippen LogP contribution in [0.3, 0.4) is 0 Å². The van der Waals surface area contributed by atoms with Crippen LogP contribution in [0, 0.1) is 0 Å². The molecule has 0 aromatic heterocycles. The topological polar surface area (TPSA) is 253 Å². The molecule has 0 unspecified atom stereocenters. The summed E-state index contributed by atoms with van der Waals surface area (Å²) in [6.07, 6.45) is -8.33. The highest BCUT2D eigenvalue weighted by Gasteiger charge is 2.46. The van der Waals surface area contributed by atoms with E-state index in [2.05, 4.69) is 15.6 Å². The average Bonchev–Trinajstić information content (AvgIpc) is 3.01. The molecule has 5 atom stereocenters. The SMILES string of the molecule is CCNc1cc(O[C@@H]2O[C@H](COC(=O)c3cc(OC)c(O)c(OC)c3)[C@@H](O)[C@H](O)[C@H]2O)c(OCNC(N)=NC)cc1C(=O)O. The number of aromatic hydroxyl groups is 1. The van der Waals surface area contributed by atoms with Crippen LogP contribution in [0.1, 0.15) is 27.6 Å². The number of methoxy groups -OCH3 is 2. The molecule has 0 radical (unpaired) electrons. The second kappa shape index (κ2) is 15.1. The smallest absolute Gasteiger partial charge is 0.338 e. The Hall–Kier alpha value is -4.71. The lowest BCUT2D eigenvalue weighted by molar-refractivity contribution is -0.277. The van der Waals surface area contributed by atoms with Crippen LogP contribution in [0.25, 0.3) is 0 Å². The molecule has 17 nitrogen and oxygen atoms in total. The Morgan fingerprint density at radius 3 is 2.23 bits per heavy atom. The zero-order valence-corrected chi connectivity index (χ0v) is 24.3. The minimum absolute atomic E-state index is 0.0416. The third kappa shape index (κ3) is 7.81. The summed E-state index contributed by atoms with van der Waals surface area (Å²) in [5.74, 6) is -2.78. The largest absolute Gasteiger partial charge is 0.502 e. The second-order valence-electron chi connectivity index (χ2n) is 9.21. The molecule has 17 heteroatoms. The highest BCUT2D eigenvalue weighted by atomic mass is 16.7. The first-order chi connectivity index (χ1) is 20.9. The Kier molecular flexibility index (Phi) is 11.6. The van der Waals surface area contributed by atoms with Gasteiger partial charge in [-0.2, -0.15) is 0 Å². The van der Waals surface area contributed by atoms with Crippen molar-refractivity contribution >= 4 is 23.6 Å². The number of aliphatic imine (C=N–C) groups is 1.